The zero-order chi connectivity index (χ0) is 15.2. The zero-order valence-electron chi connectivity index (χ0n) is 12.2. The molecule has 2 aromatic carbocycles. The molecule has 112 valence electrons. The van der Waals surface area contributed by atoms with Crippen molar-refractivity contribution in [1.29, 1.82) is 0 Å². The first kappa shape index (κ1) is 15.8. The molecule has 4 heteroatoms. The molecule has 0 aliphatic carbocycles. The molecule has 2 nitrogen and oxygen atoms in total. The minimum Gasteiger partial charge on any atom is -0.488 e. The van der Waals surface area contributed by atoms with Crippen molar-refractivity contribution < 1.29 is 9.13 Å². The van der Waals surface area contributed by atoms with Gasteiger partial charge in [-0.15, -0.1) is 0 Å². The molecule has 0 heterocycles. The fraction of sp³-hybridized carbons (Fsp3) is 0.294. The minimum absolute atomic E-state index is 0.106. The Morgan fingerprint density at radius 1 is 1.24 bits per heavy atom. The van der Waals surface area contributed by atoms with Crippen molar-refractivity contribution in [3.63, 3.8) is 0 Å². The van der Waals surface area contributed by atoms with Gasteiger partial charge in [-0.1, -0.05) is 36.7 Å². The van der Waals surface area contributed by atoms with E-state index in [9.17, 15) is 4.39 Å². The highest BCUT2D eigenvalue weighted by Crippen LogP contribution is 2.28. The molecule has 1 N–H and O–H groups in total. The Morgan fingerprint density at radius 3 is 2.71 bits per heavy atom. The van der Waals surface area contributed by atoms with Gasteiger partial charge in [-0.2, -0.15) is 0 Å². The molecule has 0 aliphatic rings. The van der Waals surface area contributed by atoms with Crippen molar-refractivity contribution in [2.75, 3.05) is 6.54 Å². The SMILES string of the molecule is CCNC(C)c1c(F)cccc1OCc1cccc(Cl)c1. The standard InChI is InChI=1S/C17H19ClFNO/c1-3-20-12(2)17-15(19)8-5-9-16(17)21-11-13-6-4-7-14(18)10-13/h4-10,12,20H,3,11H2,1-2H3. The van der Waals surface area contributed by atoms with Crippen LogP contribution in [-0.2, 0) is 6.61 Å². The van der Waals surface area contributed by atoms with Crippen molar-refractivity contribution in [3.05, 3.63) is 64.4 Å². The van der Waals surface area contributed by atoms with Gasteiger partial charge in [0.1, 0.15) is 18.2 Å². The molecular formula is C17H19ClFNO. The van der Waals surface area contributed by atoms with Gasteiger partial charge in [0, 0.05) is 16.6 Å². The largest absolute Gasteiger partial charge is 0.488 e. The van der Waals surface area contributed by atoms with Gasteiger partial charge in [0.25, 0.3) is 0 Å². The summed E-state index contributed by atoms with van der Waals surface area (Å²) in [6.07, 6.45) is 0. The predicted octanol–water partition coefficient (Wildman–Crippen LogP) is 4.73. The Labute approximate surface area is 129 Å². The smallest absolute Gasteiger partial charge is 0.131 e. The van der Waals surface area contributed by atoms with Crippen molar-refractivity contribution in [2.24, 2.45) is 0 Å². The summed E-state index contributed by atoms with van der Waals surface area (Å²) in [7, 11) is 0. The van der Waals surface area contributed by atoms with Crippen LogP contribution in [0.3, 0.4) is 0 Å². The normalized spacial score (nSPS) is 12.2. The molecule has 2 aromatic rings. The van der Waals surface area contributed by atoms with Crippen LogP contribution in [0, 0.1) is 5.82 Å². The van der Waals surface area contributed by atoms with E-state index in [1.54, 1.807) is 12.1 Å². The second kappa shape index (κ2) is 7.43. The summed E-state index contributed by atoms with van der Waals surface area (Å²) in [4.78, 5) is 0. The van der Waals surface area contributed by atoms with Crippen LogP contribution in [-0.4, -0.2) is 6.54 Å². The lowest BCUT2D eigenvalue weighted by atomic mass is 10.1. The van der Waals surface area contributed by atoms with Crippen LogP contribution >= 0.6 is 11.6 Å². The molecule has 1 atom stereocenters. The average molecular weight is 308 g/mol. The van der Waals surface area contributed by atoms with E-state index in [2.05, 4.69) is 5.32 Å². The third-order valence-corrected chi connectivity index (χ3v) is 3.47. The number of hydrogen-bond donors (Lipinski definition) is 1. The van der Waals surface area contributed by atoms with Crippen LogP contribution in [0.25, 0.3) is 0 Å². The Hall–Kier alpha value is -1.58. The van der Waals surface area contributed by atoms with Crippen LogP contribution in [0.2, 0.25) is 5.02 Å². The van der Waals surface area contributed by atoms with E-state index in [0.717, 1.165) is 12.1 Å². The van der Waals surface area contributed by atoms with E-state index in [4.69, 9.17) is 16.3 Å². The number of hydrogen-bond acceptors (Lipinski definition) is 2. The highest BCUT2D eigenvalue weighted by Gasteiger charge is 2.16. The van der Waals surface area contributed by atoms with Gasteiger partial charge in [-0.3, -0.25) is 0 Å². The molecule has 0 saturated heterocycles. The highest BCUT2D eigenvalue weighted by atomic mass is 35.5. The third-order valence-electron chi connectivity index (χ3n) is 3.24. The topological polar surface area (TPSA) is 21.3 Å². The summed E-state index contributed by atoms with van der Waals surface area (Å²) < 4.78 is 19.9. The maximum absolute atomic E-state index is 14.1. The van der Waals surface area contributed by atoms with Crippen LogP contribution in [0.1, 0.15) is 31.0 Å². The minimum atomic E-state index is -0.257. The number of rotatable bonds is 6. The third kappa shape index (κ3) is 4.19. The summed E-state index contributed by atoms with van der Waals surface area (Å²) in [5.74, 6) is 0.301. The van der Waals surface area contributed by atoms with E-state index in [-0.39, 0.29) is 11.9 Å². The van der Waals surface area contributed by atoms with Gasteiger partial charge in [-0.25, -0.2) is 4.39 Å². The molecule has 0 spiro atoms. The second-order valence-electron chi connectivity index (χ2n) is 4.85. The lowest BCUT2D eigenvalue weighted by molar-refractivity contribution is 0.297. The molecule has 0 fully saturated rings. The molecule has 0 saturated carbocycles. The fourth-order valence-electron chi connectivity index (χ4n) is 2.26. The highest BCUT2D eigenvalue weighted by molar-refractivity contribution is 6.30. The van der Waals surface area contributed by atoms with Crippen LogP contribution < -0.4 is 10.1 Å². The molecular weight excluding hydrogens is 289 g/mol. The summed E-state index contributed by atoms with van der Waals surface area (Å²) >= 11 is 5.95. The van der Waals surface area contributed by atoms with Crippen molar-refractivity contribution >= 4 is 11.6 Å². The molecule has 0 radical (unpaired) electrons. The van der Waals surface area contributed by atoms with E-state index in [1.165, 1.54) is 6.07 Å². The van der Waals surface area contributed by atoms with Gasteiger partial charge in [0.2, 0.25) is 0 Å². The summed E-state index contributed by atoms with van der Waals surface area (Å²) in [6, 6.07) is 12.2. The van der Waals surface area contributed by atoms with Gasteiger partial charge in [0.05, 0.1) is 0 Å². The van der Waals surface area contributed by atoms with E-state index in [1.807, 2.05) is 38.1 Å². The van der Waals surface area contributed by atoms with E-state index in [0.29, 0.717) is 22.9 Å². The second-order valence-corrected chi connectivity index (χ2v) is 5.29. The van der Waals surface area contributed by atoms with Crippen LogP contribution in [0.15, 0.2) is 42.5 Å². The average Bonchev–Trinajstić information content (AvgIpc) is 2.45. The summed E-state index contributed by atoms with van der Waals surface area (Å²) in [5.41, 5.74) is 1.51. The number of halogens is 2. The first-order valence-corrected chi connectivity index (χ1v) is 7.38. The molecule has 0 amide bonds. The van der Waals surface area contributed by atoms with Crippen LogP contribution in [0.5, 0.6) is 5.75 Å². The lowest BCUT2D eigenvalue weighted by Gasteiger charge is -2.18. The Bertz CT molecular complexity index is 603. The maximum atomic E-state index is 14.1. The quantitative estimate of drug-likeness (QED) is 0.833. The molecule has 0 aliphatic heterocycles. The van der Waals surface area contributed by atoms with Gasteiger partial charge in [-0.05, 0) is 43.3 Å². The van der Waals surface area contributed by atoms with E-state index < -0.39 is 0 Å². The first-order valence-electron chi connectivity index (χ1n) is 7.01. The van der Waals surface area contributed by atoms with Crippen molar-refractivity contribution in [3.8, 4) is 5.75 Å². The number of benzene rings is 2. The predicted molar refractivity (Wildman–Crippen MR) is 84.3 cm³/mol. The maximum Gasteiger partial charge on any atom is 0.131 e. The molecule has 1 unspecified atom stereocenters. The fourth-order valence-corrected chi connectivity index (χ4v) is 2.47. The Balaban J connectivity index is 2.18. The number of ether oxygens (including phenoxy) is 1. The molecule has 2 rings (SSSR count). The van der Waals surface area contributed by atoms with Crippen molar-refractivity contribution in [2.45, 2.75) is 26.5 Å². The molecule has 0 bridgehead atoms. The monoisotopic (exact) mass is 307 g/mol. The first-order chi connectivity index (χ1) is 10.1. The van der Waals surface area contributed by atoms with Gasteiger partial charge >= 0.3 is 0 Å². The van der Waals surface area contributed by atoms with Gasteiger partial charge < -0.3 is 10.1 Å². The number of nitrogens with one attached hydrogen (secondary N) is 1. The Morgan fingerprint density at radius 2 is 2.00 bits per heavy atom. The summed E-state index contributed by atoms with van der Waals surface area (Å²) in [6.45, 7) is 5.04. The van der Waals surface area contributed by atoms with Gasteiger partial charge in [0.15, 0.2) is 0 Å². The molecule has 0 aromatic heterocycles. The zero-order valence-corrected chi connectivity index (χ0v) is 13.0. The Kier molecular flexibility index (Phi) is 5.59. The van der Waals surface area contributed by atoms with Crippen LogP contribution in [0.4, 0.5) is 4.39 Å². The molecule has 21 heavy (non-hydrogen) atoms. The van der Waals surface area contributed by atoms with E-state index >= 15 is 0 Å². The lowest BCUT2D eigenvalue weighted by Crippen LogP contribution is -2.19. The summed E-state index contributed by atoms with van der Waals surface area (Å²) in [5, 5.41) is 3.87. The van der Waals surface area contributed by atoms with Crippen molar-refractivity contribution in [1.82, 2.24) is 5.32 Å².